The van der Waals surface area contributed by atoms with E-state index in [1.54, 1.807) is 12.1 Å². The fourth-order valence-corrected chi connectivity index (χ4v) is 4.49. The molecule has 2 N–H and O–H groups in total. The van der Waals surface area contributed by atoms with Crippen molar-refractivity contribution < 1.29 is 4.79 Å². The molecule has 0 saturated carbocycles. The molecule has 9 heteroatoms. The summed E-state index contributed by atoms with van der Waals surface area (Å²) in [7, 11) is 0. The summed E-state index contributed by atoms with van der Waals surface area (Å²) >= 11 is 14.9. The van der Waals surface area contributed by atoms with E-state index in [2.05, 4.69) is 20.8 Å². The van der Waals surface area contributed by atoms with Gasteiger partial charge in [-0.05, 0) is 38.5 Å². The molecule has 0 bridgehead atoms. The van der Waals surface area contributed by atoms with Crippen LogP contribution in [0.4, 0.5) is 5.13 Å². The van der Waals surface area contributed by atoms with E-state index in [-0.39, 0.29) is 17.2 Å². The van der Waals surface area contributed by atoms with Gasteiger partial charge in [-0.1, -0.05) is 52.4 Å². The molecule has 24 heavy (non-hydrogen) atoms. The quantitative estimate of drug-likeness (QED) is 0.658. The topological polar surface area (TPSA) is 66.9 Å². The normalized spacial score (nSPS) is 13.4. The van der Waals surface area contributed by atoms with E-state index in [1.807, 2.05) is 26.8 Å². The van der Waals surface area contributed by atoms with Gasteiger partial charge in [0.2, 0.25) is 11.0 Å². The van der Waals surface area contributed by atoms with Gasteiger partial charge in [0.1, 0.15) is 0 Å². The van der Waals surface area contributed by atoms with E-state index in [4.69, 9.17) is 23.2 Å². The molecular weight excluding hydrogens is 387 g/mol. The Morgan fingerprint density at radius 3 is 2.75 bits per heavy atom. The first-order valence-electron chi connectivity index (χ1n) is 7.40. The maximum Gasteiger partial charge on any atom is 0.233 e. The lowest BCUT2D eigenvalue weighted by Crippen LogP contribution is -2.33. The number of nitrogens with one attached hydrogen (secondary N) is 2. The third-order valence-corrected chi connectivity index (χ3v) is 5.80. The molecule has 1 amide bonds. The minimum absolute atomic E-state index is 0.0845. The molecule has 0 aliphatic carbocycles. The summed E-state index contributed by atoms with van der Waals surface area (Å²) in [5.74, 6) is -0.0845. The van der Waals surface area contributed by atoms with Crippen molar-refractivity contribution >= 4 is 57.3 Å². The van der Waals surface area contributed by atoms with Gasteiger partial charge in [-0.2, -0.15) is 0 Å². The molecule has 1 heterocycles. The number of aromatic nitrogens is 2. The van der Waals surface area contributed by atoms with Gasteiger partial charge in [-0.3, -0.25) is 4.79 Å². The van der Waals surface area contributed by atoms with Gasteiger partial charge in [0.05, 0.1) is 11.3 Å². The van der Waals surface area contributed by atoms with E-state index in [0.29, 0.717) is 10.0 Å². The van der Waals surface area contributed by atoms with E-state index in [9.17, 15) is 4.79 Å². The molecule has 130 valence electrons. The number of halogens is 2. The van der Waals surface area contributed by atoms with Gasteiger partial charge in [0.25, 0.3) is 0 Å². The lowest BCUT2D eigenvalue weighted by atomic mass is 10.1. The monoisotopic (exact) mass is 404 g/mol. The highest BCUT2D eigenvalue weighted by molar-refractivity contribution is 8.02. The third kappa shape index (κ3) is 5.24. The summed E-state index contributed by atoms with van der Waals surface area (Å²) in [4.78, 5) is 12.4. The molecule has 0 radical (unpaired) electrons. The van der Waals surface area contributed by atoms with Crippen LogP contribution in [0.25, 0.3) is 0 Å². The van der Waals surface area contributed by atoms with Crippen molar-refractivity contribution in [3.8, 4) is 0 Å². The van der Waals surface area contributed by atoms with Crippen molar-refractivity contribution in [1.82, 2.24) is 15.5 Å². The van der Waals surface area contributed by atoms with Crippen LogP contribution in [0.1, 0.15) is 32.4 Å². The highest BCUT2D eigenvalue weighted by Crippen LogP contribution is 2.30. The summed E-state index contributed by atoms with van der Waals surface area (Å²) in [6.45, 7) is 6.51. The fourth-order valence-electron chi connectivity index (χ4n) is 1.95. The summed E-state index contributed by atoms with van der Waals surface area (Å²) in [6, 6.07) is 5.04. The molecule has 0 fully saturated rings. The number of amides is 1. The zero-order valence-electron chi connectivity index (χ0n) is 13.5. The van der Waals surface area contributed by atoms with Crippen LogP contribution in [-0.4, -0.2) is 27.9 Å². The molecule has 2 aromatic rings. The first kappa shape index (κ1) is 19.3. The van der Waals surface area contributed by atoms with Crippen molar-refractivity contribution in [3.63, 3.8) is 0 Å². The van der Waals surface area contributed by atoms with Crippen LogP contribution in [0.3, 0.4) is 0 Å². The van der Waals surface area contributed by atoms with Gasteiger partial charge >= 0.3 is 0 Å². The summed E-state index contributed by atoms with van der Waals surface area (Å²) < 4.78 is 0.755. The molecule has 1 aromatic heterocycles. The van der Waals surface area contributed by atoms with Crippen LogP contribution in [0.2, 0.25) is 10.0 Å². The van der Waals surface area contributed by atoms with Crippen LogP contribution >= 0.6 is 46.3 Å². The van der Waals surface area contributed by atoms with Crippen LogP contribution in [-0.2, 0) is 4.79 Å². The van der Waals surface area contributed by atoms with Crippen molar-refractivity contribution in [1.29, 1.82) is 0 Å². The van der Waals surface area contributed by atoms with Crippen molar-refractivity contribution in [2.75, 3.05) is 11.9 Å². The molecule has 1 aromatic carbocycles. The van der Waals surface area contributed by atoms with E-state index in [1.165, 1.54) is 23.1 Å². The van der Waals surface area contributed by atoms with Crippen LogP contribution in [0.5, 0.6) is 0 Å². The Kier molecular flexibility index (Phi) is 7.16. The molecule has 0 unspecified atom stereocenters. The number of thioether (sulfide) groups is 1. The summed E-state index contributed by atoms with van der Waals surface area (Å²) in [5, 5.41) is 15.7. The lowest BCUT2D eigenvalue weighted by Gasteiger charge is -2.18. The van der Waals surface area contributed by atoms with Crippen LogP contribution in [0.15, 0.2) is 22.5 Å². The van der Waals surface area contributed by atoms with Gasteiger partial charge in [-0.15, -0.1) is 10.2 Å². The molecule has 2 rings (SSSR count). The zero-order chi connectivity index (χ0) is 17.7. The number of hydrogen-bond donors (Lipinski definition) is 2. The summed E-state index contributed by atoms with van der Waals surface area (Å²) in [6.07, 6.45) is 0. The van der Waals surface area contributed by atoms with E-state index >= 15 is 0 Å². The molecular formula is C15H18Cl2N4OS2. The predicted molar refractivity (Wildman–Crippen MR) is 102 cm³/mol. The second-order valence-corrected chi connectivity index (χ2v) is 8.47. The predicted octanol–water partition coefficient (Wildman–Crippen LogP) is 4.63. The Balaban J connectivity index is 1.94. The first-order valence-corrected chi connectivity index (χ1v) is 9.85. The number of rotatable bonds is 7. The standard InChI is InChI=1S/C15H18Cl2N4OS2/c1-4-18-14-20-21-15(24-14)23-9(3)13(22)19-8(2)11-6-5-10(16)7-12(11)17/h5-9H,4H2,1-3H3,(H,18,20)(H,19,22)/t8-,9-/m1/s1. The van der Waals surface area contributed by atoms with Crippen molar-refractivity contribution in [2.45, 2.75) is 36.4 Å². The highest BCUT2D eigenvalue weighted by atomic mass is 35.5. The van der Waals surface area contributed by atoms with Crippen molar-refractivity contribution in [3.05, 3.63) is 33.8 Å². The highest BCUT2D eigenvalue weighted by Gasteiger charge is 2.20. The lowest BCUT2D eigenvalue weighted by molar-refractivity contribution is -0.120. The molecule has 0 saturated heterocycles. The summed E-state index contributed by atoms with van der Waals surface area (Å²) in [5.41, 5.74) is 0.831. The number of carbonyl (C=O) groups excluding carboxylic acids is 1. The Labute approximate surface area is 159 Å². The molecule has 0 spiro atoms. The molecule has 0 aliphatic rings. The number of anilines is 1. The van der Waals surface area contributed by atoms with Crippen molar-refractivity contribution in [2.24, 2.45) is 0 Å². The molecule has 2 atom stereocenters. The van der Waals surface area contributed by atoms with Gasteiger partial charge in [-0.25, -0.2) is 0 Å². The van der Waals surface area contributed by atoms with Crippen LogP contribution in [0, 0.1) is 0 Å². The Hall–Kier alpha value is -1.02. The average molecular weight is 405 g/mol. The minimum atomic E-state index is -0.291. The van der Waals surface area contributed by atoms with Gasteiger partial charge in [0.15, 0.2) is 4.34 Å². The third-order valence-electron chi connectivity index (χ3n) is 3.17. The second kappa shape index (κ2) is 8.89. The molecule has 0 aliphatic heterocycles. The minimum Gasteiger partial charge on any atom is -0.360 e. The average Bonchev–Trinajstić information content (AvgIpc) is 2.94. The van der Waals surface area contributed by atoms with E-state index < -0.39 is 0 Å². The second-order valence-electron chi connectivity index (χ2n) is 5.06. The largest absolute Gasteiger partial charge is 0.360 e. The van der Waals surface area contributed by atoms with Crippen LogP contribution < -0.4 is 10.6 Å². The smallest absolute Gasteiger partial charge is 0.233 e. The Morgan fingerprint density at radius 2 is 2.08 bits per heavy atom. The maximum atomic E-state index is 12.4. The molecule has 5 nitrogen and oxygen atoms in total. The maximum absolute atomic E-state index is 12.4. The first-order chi connectivity index (χ1) is 11.4. The zero-order valence-corrected chi connectivity index (χ0v) is 16.6. The fraction of sp³-hybridized carbons (Fsp3) is 0.400. The Morgan fingerprint density at radius 1 is 1.33 bits per heavy atom. The number of benzene rings is 1. The Bertz CT molecular complexity index is 711. The number of carbonyl (C=O) groups is 1. The van der Waals surface area contributed by atoms with E-state index in [0.717, 1.165) is 21.6 Å². The SMILES string of the molecule is CCNc1nnc(S[C@H](C)C(=O)N[C@H](C)c2ccc(Cl)cc2Cl)s1. The number of nitrogens with zero attached hydrogens (tertiary/aromatic N) is 2. The van der Waals surface area contributed by atoms with Gasteiger partial charge < -0.3 is 10.6 Å². The number of hydrogen-bond acceptors (Lipinski definition) is 6. The van der Waals surface area contributed by atoms with Gasteiger partial charge in [0, 0.05) is 16.6 Å².